The van der Waals surface area contributed by atoms with Gasteiger partial charge in [0.05, 0.1) is 19.3 Å². The number of anilines is 1. The van der Waals surface area contributed by atoms with Crippen molar-refractivity contribution in [2.75, 3.05) is 25.6 Å². The van der Waals surface area contributed by atoms with Crippen molar-refractivity contribution in [1.29, 1.82) is 0 Å². The zero-order valence-electron chi connectivity index (χ0n) is 10.8. The third-order valence-corrected chi connectivity index (χ3v) is 2.53. The summed E-state index contributed by atoms with van der Waals surface area (Å²) in [6.45, 7) is 7.61. The van der Waals surface area contributed by atoms with Gasteiger partial charge in [-0.25, -0.2) is 0 Å². The number of benzene rings is 1. The summed E-state index contributed by atoms with van der Waals surface area (Å²) in [5, 5.41) is 3.30. The lowest BCUT2D eigenvalue weighted by Crippen LogP contribution is -2.23. The third kappa shape index (κ3) is 5.94. The van der Waals surface area contributed by atoms with Crippen LogP contribution in [0.4, 0.5) is 5.69 Å². The molecule has 0 aliphatic heterocycles. The second kappa shape index (κ2) is 6.26. The first-order chi connectivity index (χ1) is 7.90. The van der Waals surface area contributed by atoms with Crippen LogP contribution in [0.3, 0.4) is 0 Å². The first kappa shape index (κ1) is 14.3. The molecule has 4 heteroatoms. The number of hydrogen-bond acceptors (Lipinski definition) is 3. The predicted molar refractivity (Wildman–Crippen MR) is 74.9 cm³/mol. The lowest BCUT2D eigenvalue weighted by atomic mass is 10.2. The van der Waals surface area contributed by atoms with Crippen LogP contribution in [0.5, 0.6) is 5.75 Å². The molecule has 3 nitrogen and oxygen atoms in total. The van der Waals surface area contributed by atoms with Crippen LogP contribution in [0, 0.1) is 0 Å². The summed E-state index contributed by atoms with van der Waals surface area (Å²) in [7, 11) is 1.66. The molecule has 96 valence electrons. The van der Waals surface area contributed by atoms with Crippen molar-refractivity contribution in [1.82, 2.24) is 0 Å². The van der Waals surface area contributed by atoms with E-state index in [0.29, 0.717) is 6.61 Å². The monoisotopic (exact) mass is 301 g/mol. The zero-order chi connectivity index (χ0) is 12.9. The van der Waals surface area contributed by atoms with Gasteiger partial charge in [0.2, 0.25) is 0 Å². The molecule has 1 aromatic carbocycles. The molecule has 0 fully saturated rings. The van der Waals surface area contributed by atoms with Crippen LogP contribution in [0.15, 0.2) is 22.7 Å². The largest absolute Gasteiger partial charge is 0.497 e. The molecule has 0 amide bonds. The fourth-order valence-corrected chi connectivity index (χ4v) is 1.81. The molecule has 1 aromatic rings. The van der Waals surface area contributed by atoms with Gasteiger partial charge in [-0.05, 0) is 32.9 Å². The molecule has 0 unspecified atom stereocenters. The van der Waals surface area contributed by atoms with E-state index in [1.807, 2.05) is 18.2 Å². The van der Waals surface area contributed by atoms with Crippen LogP contribution < -0.4 is 10.1 Å². The lowest BCUT2D eigenvalue weighted by Gasteiger charge is -2.19. The van der Waals surface area contributed by atoms with E-state index in [9.17, 15) is 0 Å². The third-order valence-electron chi connectivity index (χ3n) is 2.07. The van der Waals surface area contributed by atoms with Crippen molar-refractivity contribution >= 4 is 21.6 Å². The first-order valence-corrected chi connectivity index (χ1v) is 6.42. The first-order valence-electron chi connectivity index (χ1n) is 5.63. The highest BCUT2D eigenvalue weighted by molar-refractivity contribution is 9.10. The number of rotatable bonds is 5. The van der Waals surface area contributed by atoms with E-state index >= 15 is 0 Å². The van der Waals surface area contributed by atoms with E-state index in [2.05, 4.69) is 42.0 Å². The highest BCUT2D eigenvalue weighted by atomic mass is 79.9. The zero-order valence-corrected chi connectivity index (χ0v) is 12.4. The normalized spacial score (nSPS) is 11.4. The average molecular weight is 302 g/mol. The minimum absolute atomic E-state index is 0.0867. The van der Waals surface area contributed by atoms with Crippen molar-refractivity contribution in [3.8, 4) is 5.75 Å². The molecular formula is C13H20BrNO2. The fraction of sp³-hybridized carbons (Fsp3) is 0.538. The molecular weight excluding hydrogens is 282 g/mol. The van der Waals surface area contributed by atoms with E-state index in [-0.39, 0.29) is 5.60 Å². The van der Waals surface area contributed by atoms with E-state index < -0.39 is 0 Å². The second-order valence-electron chi connectivity index (χ2n) is 4.77. The number of methoxy groups -OCH3 is 1. The number of ether oxygens (including phenoxy) is 2. The van der Waals surface area contributed by atoms with Gasteiger partial charge in [-0.15, -0.1) is 0 Å². The van der Waals surface area contributed by atoms with Gasteiger partial charge in [0, 0.05) is 22.8 Å². The van der Waals surface area contributed by atoms with Crippen molar-refractivity contribution in [2.45, 2.75) is 26.4 Å². The summed E-state index contributed by atoms with van der Waals surface area (Å²) in [6, 6.07) is 5.90. The van der Waals surface area contributed by atoms with Crippen LogP contribution in [0.25, 0.3) is 0 Å². The fourth-order valence-electron chi connectivity index (χ4n) is 1.34. The van der Waals surface area contributed by atoms with Crippen LogP contribution in [-0.4, -0.2) is 25.9 Å². The number of nitrogens with one attached hydrogen (secondary N) is 1. The Balaban J connectivity index is 2.44. The van der Waals surface area contributed by atoms with E-state index in [1.54, 1.807) is 7.11 Å². The topological polar surface area (TPSA) is 30.5 Å². The van der Waals surface area contributed by atoms with Crippen molar-refractivity contribution < 1.29 is 9.47 Å². The molecule has 0 bridgehead atoms. The quantitative estimate of drug-likeness (QED) is 0.842. The van der Waals surface area contributed by atoms with E-state index in [0.717, 1.165) is 22.5 Å². The van der Waals surface area contributed by atoms with Gasteiger partial charge in [-0.3, -0.25) is 0 Å². The molecule has 0 aliphatic rings. The minimum atomic E-state index is -0.0867. The Hall–Kier alpha value is -0.740. The molecule has 0 spiro atoms. The van der Waals surface area contributed by atoms with Crippen molar-refractivity contribution in [3.63, 3.8) is 0 Å². The average Bonchev–Trinajstić information content (AvgIpc) is 2.22. The summed E-state index contributed by atoms with van der Waals surface area (Å²) in [4.78, 5) is 0. The van der Waals surface area contributed by atoms with Gasteiger partial charge in [0.1, 0.15) is 5.75 Å². The maximum atomic E-state index is 5.63. The molecule has 0 saturated carbocycles. The highest BCUT2D eigenvalue weighted by Gasteiger charge is 2.08. The van der Waals surface area contributed by atoms with Gasteiger partial charge in [-0.1, -0.05) is 15.9 Å². The molecule has 0 aromatic heterocycles. The Kier molecular flexibility index (Phi) is 5.28. The van der Waals surface area contributed by atoms with Crippen LogP contribution in [0.1, 0.15) is 20.8 Å². The minimum Gasteiger partial charge on any atom is -0.497 e. The summed E-state index contributed by atoms with van der Waals surface area (Å²) in [6.07, 6.45) is 0. The van der Waals surface area contributed by atoms with Crippen LogP contribution >= 0.6 is 15.9 Å². The van der Waals surface area contributed by atoms with Gasteiger partial charge < -0.3 is 14.8 Å². The number of hydrogen-bond donors (Lipinski definition) is 1. The van der Waals surface area contributed by atoms with Gasteiger partial charge in [0.25, 0.3) is 0 Å². The van der Waals surface area contributed by atoms with Crippen LogP contribution in [0.2, 0.25) is 0 Å². The SMILES string of the molecule is COc1cc(Br)cc(NCCOC(C)(C)C)c1. The standard InChI is InChI=1S/C13H20BrNO2/c1-13(2,3)17-6-5-15-11-7-10(14)8-12(9-11)16-4/h7-9,15H,5-6H2,1-4H3. The van der Waals surface area contributed by atoms with Gasteiger partial charge >= 0.3 is 0 Å². The molecule has 0 atom stereocenters. The Morgan fingerprint density at radius 2 is 1.94 bits per heavy atom. The summed E-state index contributed by atoms with van der Waals surface area (Å²) >= 11 is 3.44. The summed E-state index contributed by atoms with van der Waals surface area (Å²) < 4.78 is 11.8. The van der Waals surface area contributed by atoms with E-state index in [1.165, 1.54) is 0 Å². The molecule has 0 radical (unpaired) electrons. The summed E-state index contributed by atoms with van der Waals surface area (Å²) in [5.74, 6) is 0.832. The maximum absolute atomic E-state index is 5.63. The van der Waals surface area contributed by atoms with Crippen molar-refractivity contribution in [2.24, 2.45) is 0 Å². The van der Waals surface area contributed by atoms with Crippen LogP contribution in [-0.2, 0) is 4.74 Å². The molecule has 0 aliphatic carbocycles. The Labute approximate surface area is 112 Å². The molecule has 0 saturated heterocycles. The summed E-state index contributed by atoms with van der Waals surface area (Å²) in [5.41, 5.74) is 0.935. The predicted octanol–water partition coefficient (Wildman–Crippen LogP) is 3.68. The maximum Gasteiger partial charge on any atom is 0.122 e. The molecule has 17 heavy (non-hydrogen) atoms. The number of halogens is 1. The van der Waals surface area contributed by atoms with E-state index in [4.69, 9.17) is 9.47 Å². The Bertz CT molecular complexity index is 361. The van der Waals surface area contributed by atoms with Gasteiger partial charge in [-0.2, -0.15) is 0 Å². The highest BCUT2D eigenvalue weighted by Crippen LogP contribution is 2.24. The Morgan fingerprint density at radius 1 is 1.24 bits per heavy atom. The smallest absolute Gasteiger partial charge is 0.122 e. The second-order valence-corrected chi connectivity index (χ2v) is 5.68. The lowest BCUT2D eigenvalue weighted by molar-refractivity contribution is 0.00333. The molecule has 1 N–H and O–H groups in total. The van der Waals surface area contributed by atoms with Crippen molar-refractivity contribution in [3.05, 3.63) is 22.7 Å². The Morgan fingerprint density at radius 3 is 2.53 bits per heavy atom. The molecule has 1 rings (SSSR count). The molecule has 0 heterocycles. The van der Waals surface area contributed by atoms with Gasteiger partial charge in [0.15, 0.2) is 0 Å².